The molecule has 1 aromatic carbocycles. The zero-order valence-electron chi connectivity index (χ0n) is 13.3. The fraction of sp³-hybridized carbons (Fsp3) is 0.125. The van der Waals surface area contributed by atoms with E-state index in [9.17, 15) is 13.6 Å². The van der Waals surface area contributed by atoms with Crippen LogP contribution >= 0.6 is 11.6 Å². The van der Waals surface area contributed by atoms with Crippen molar-refractivity contribution in [1.29, 1.82) is 5.41 Å². The number of amides is 1. The van der Waals surface area contributed by atoms with Crippen LogP contribution in [-0.4, -0.2) is 34.9 Å². The molecule has 0 saturated carbocycles. The van der Waals surface area contributed by atoms with Crippen molar-refractivity contribution in [3.8, 4) is 0 Å². The van der Waals surface area contributed by atoms with Crippen LogP contribution in [0.2, 0.25) is 5.15 Å². The van der Waals surface area contributed by atoms with Crippen LogP contribution < -0.4 is 11.1 Å². The van der Waals surface area contributed by atoms with E-state index in [2.05, 4.69) is 15.3 Å². The smallest absolute Gasteiger partial charge is 0.275 e. The molecule has 10 heteroatoms. The maximum atomic E-state index is 14.0. The quantitative estimate of drug-likeness (QED) is 0.504. The summed E-state index contributed by atoms with van der Waals surface area (Å²) in [6.07, 6.45) is 2.59. The standard InChI is InChI=1S/C16H14ClF2N5O2/c17-14-6-22-13(5-23-14)16(25)24-10-1-2-12(19)11(3-10)9(4-18)7-26-8-15(20)21/h1-6H,7-8H2,(H3,20,21)(H,24,25)/b9-4+. The van der Waals surface area contributed by atoms with Crippen molar-refractivity contribution in [2.24, 2.45) is 5.73 Å². The molecule has 136 valence electrons. The number of ether oxygens (including phenoxy) is 1. The van der Waals surface area contributed by atoms with E-state index in [0.29, 0.717) is 0 Å². The molecule has 2 rings (SSSR count). The highest BCUT2D eigenvalue weighted by Gasteiger charge is 2.13. The van der Waals surface area contributed by atoms with Crippen LogP contribution in [0, 0.1) is 11.2 Å². The predicted octanol–water partition coefficient (Wildman–Crippen LogP) is 2.78. The molecular formula is C16H14ClF2N5O2. The van der Waals surface area contributed by atoms with E-state index in [0.717, 1.165) is 6.07 Å². The fourth-order valence-electron chi connectivity index (χ4n) is 1.91. The monoisotopic (exact) mass is 381 g/mol. The molecule has 1 amide bonds. The second-order valence-corrected chi connectivity index (χ2v) is 5.41. The molecule has 0 fully saturated rings. The molecule has 0 radical (unpaired) electrons. The van der Waals surface area contributed by atoms with Gasteiger partial charge in [0.1, 0.15) is 29.1 Å². The average Bonchev–Trinajstić information content (AvgIpc) is 2.61. The largest absolute Gasteiger partial charge is 0.386 e. The Morgan fingerprint density at radius 3 is 2.73 bits per heavy atom. The molecular weight excluding hydrogens is 368 g/mol. The van der Waals surface area contributed by atoms with Crippen LogP contribution in [0.15, 0.2) is 36.9 Å². The first-order chi connectivity index (χ1) is 12.4. The lowest BCUT2D eigenvalue weighted by Gasteiger charge is -2.11. The number of anilines is 1. The van der Waals surface area contributed by atoms with Gasteiger partial charge in [0.15, 0.2) is 0 Å². The summed E-state index contributed by atoms with van der Waals surface area (Å²) >= 11 is 5.61. The van der Waals surface area contributed by atoms with Crippen molar-refractivity contribution in [3.05, 3.63) is 59.2 Å². The minimum absolute atomic E-state index is 0.00586. The molecule has 0 saturated heterocycles. The Hall–Kier alpha value is -2.91. The highest BCUT2D eigenvalue weighted by atomic mass is 35.5. The van der Waals surface area contributed by atoms with Crippen LogP contribution in [0.5, 0.6) is 0 Å². The summed E-state index contributed by atoms with van der Waals surface area (Å²) in [4.78, 5) is 19.7. The second-order valence-electron chi connectivity index (χ2n) is 5.03. The number of hydrogen-bond donors (Lipinski definition) is 3. The minimum atomic E-state index is -0.704. The van der Waals surface area contributed by atoms with Gasteiger partial charge >= 0.3 is 0 Å². The molecule has 4 N–H and O–H groups in total. The van der Waals surface area contributed by atoms with Gasteiger partial charge in [-0.1, -0.05) is 11.6 Å². The Labute approximate surface area is 152 Å². The van der Waals surface area contributed by atoms with Gasteiger partial charge in [-0.2, -0.15) is 0 Å². The molecule has 26 heavy (non-hydrogen) atoms. The number of nitrogens with two attached hydrogens (primary N) is 1. The third kappa shape index (κ3) is 5.30. The Balaban J connectivity index is 2.16. The maximum absolute atomic E-state index is 14.0. The van der Waals surface area contributed by atoms with Crippen molar-refractivity contribution in [3.63, 3.8) is 0 Å². The van der Waals surface area contributed by atoms with Gasteiger partial charge in [0, 0.05) is 16.8 Å². The summed E-state index contributed by atoms with van der Waals surface area (Å²) < 4.78 is 32.2. The number of rotatable bonds is 7. The summed E-state index contributed by atoms with van der Waals surface area (Å²) in [5.41, 5.74) is 5.15. The van der Waals surface area contributed by atoms with Crippen molar-refractivity contribution in [2.75, 3.05) is 18.5 Å². The molecule has 0 aliphatic carbocycles. The van der Waals surface area contributed by atoms with Gasteiger partial charge in [-0.25, -0.2) is 18.7 Å². The number of hydrogen-bond acceptors (Lipinski definition) is 5. The van der Waals surface area contributed by atoms with Crippen LogP contribution in [0.4, 0.5) is 14.5 Å². The third-order valence-corrected chi connectivity index (χ3v) is 3.27. The molecule has 0 spiro atoms. The summed E-state index contributed by atoms with van der Waals surface area (Å²) in [5.74, 6) is -1.54. The number of carbonyl (C=O) groups is 1. The topological polar surface area (TPSA) is 114 Å². The van der Waals surface area contributed by atoms with Crippen LogP contribution in [0.3, 0.4) is 0 Å². The Morgan fingerprint density at radius 1 is 1.35 bits per heavy atom. The zero-order chi connectivity index (χ0) is 19.1. The number of nitrogens with one attached hydrogen (secondary N) is 2. The summed E-state index contributed by atoms with van der Waals surface area (Å²) in [6.45, 7) is -0.516. The molecule has 0 aliphatic heterocycles. The number of benzene rings is 1. The Kier molecular flexibility index (Phi) is 6.70. The molecule has 0 unspecified atom stereocenters. The first-order valence-corrected chi connectivity index (χ1v) is 7.57. The van der Waals surface area contributed by atoms with Gasteiger partial charge in [0.2, 0.25) is 0 Å². The second kappa shape index (κ2) is 8.97. The van der Waals surface area contributed by atoms with E-state index in [-0.39, 0.29) is 53.1 Å². The lowest BCUT2D eigenvalue weighted by molar-refractivity contribution is 0.102. The third-order valence-electron chi connectivity index (χ3n) is 3.07. The molecule has 1 heterocycles. The van der Waals surface area contributed by atoms with Crippen molar-refractivity contribution >= 4 is 34.6 Å². The fourth-order valence-corrected chi connectivity index (χ4v) is 2.01. The number of carbonyl (C=O) groups excluding carboxylic acids is 1. The SMILES string of the molecule is N=C(N)COC/C(=C\F)c1cc(NC(=O)c2cnc(Cl)cn2)ccc1F. The molecule has 2 aromatic rings. The molecule has 0 bridgehead atoms. The zero-order valence-corrected chi connectivity index (χ0v) is 14.1. The molecule has 1 aromatic heterocycles. The van der Waals surface area contributed by atoms with Gasteiger partial charge in [-0.05, 0) is 18.2 Å². The van der Waals surface area contributed by atoms with Gasteiger partial charge in [0.05, 0.1) is 25.3 Å². The average molecular weight is 382 g/mol. The molecule has 0 aliphatic rings. The van der Waals surface area contributed by atoms with Gasteiger partial charge in [-0.15, -0.1) is 0 Å². The van der Waals surface area contributed by atoms with Gasteiger partial charge < -0.3 is 15.8 Å². The Bertz CT molecular complexity index is 843. The predicted molar refractivity (Wildman–Crippen MR) is 93.2 cm³/mol. The number of nitrogens with zero attached hydrogens (tertiary/aromatic N) is 2. The number of aromatic nitrogens is 2. The first kappa shape index (κ1) is 19.4. The lowest BCUT2D eigenvalue weighted by atomic mass is 10.1. The van der Waals surface area contributed by atoms with Crippen LogP contribution in [0.25, 0.3) is 5.57 Å². The highest BCUT2D eigenvalue weighted by Crippen LogP contribution is 2.23. The number of halogens is 3. The minimum Gasteiger partial charge on any atom is -0.386 e. The van der Waals surface area contributed by atoms with Gasteiger partial charge in [-0.3, -0.25) is 10.2 Å². The van der Waals surface area contributed by atoms with E-state index in [4.69, 9.17) is 27.5 Å². The van der Waals surface area contributed by atoms with E-state index < -0.39 is 11.7 Å². The van der Waals surface area contributed by atoms with E-state index in [1.807, 2.05) is 0 Å². The lowest BCUT2D eigenvalue weighted by Crippen LogP contribution is -2.18. The van der Waals surface area contributed by atoms with Crippen molar-refractivity contribution < 1.29 is 18.3 Å². The van der Waals surface area contributed by atoms with Gasteiger partial charge in [0.25, 0.3) is 5.91 Å². The van der Waals surface area contributed by atoms with Crippen molar-refractivity contribution in [2.45, 2.75) is 0 Å². The molecule has 7 nitrogen and oxygen atoms in total. The molecule has 0 atom stereocenters. The summed E-state index contributed by atoms with van der Waals surface area (Å²) in [6, 6.07) is 3.64. The van der Waals surface area contributed by atoms with Crippen LogP contribution in [-0.2, 0) is 4.74 Å². The van der Waals surface area contributed by atoms with Crippen molar-refractivity contribution in [1.82, 2.24) is 9.97 Å². The maximum Gasteiger partial charge on any atom is 0.275 e. The number of amidine groups is 1. The van der Waals surface area contributed by atoms with E-state index in [1.165, 1.54) is 24.5 Å². The first-order valence-electron chi connectivity index (χ1n) is 7.19. The van der Waals surface area contributed by atoms with E-state index in [1.54, 1.807) is 0 Å². The Morgan fingerprint density at radius 2 is 2.12 bits per heavy atom. The van der Waals surface area contributed by atoms with E-state index >= 15 is 0 Å². The summed E-state index contributed by atoms with van der Waals surface area (Å²) in [5, 5.41) is 9.68. The summed E-state index contributed by atoms with van der Waals surface area (Å²) in [7, 11) is 0. The van der Waals surface area contributed by atoms with Crippen LogP contribution in [0.1, 0.15) is 16.1 Å². The highest BCUT2D eigenvalue weighted by molar-refractivity contribution is 6.29. The normalized spacial score (nSPS) is 11.3.